The zero-order valence-electron chi connectivity index (χ0n) is 12.1. The summed E-state index contributed by atoms with van der Waals surface area (Å²) in [7, 11) is 1.77. The number of hydrogen-bond donors (Lipinski definition) is 0. The van der Waals surface area contributed by atoms with Crippen LogP contribution in [0.25, 0.3) is 0 Å². The van der Waals surface area contributed by atoms with Crippen LogP contribution in [0.1, 0.15) is 37.6 Å². The Morgan fingerprint density at radius 1 is 1.42 bits per heavy atom. The minimum Gasteiger partial charge on any atom is -0.494 e. The summed E-state index contributed by atoms with van der Waals surface area (Å²) in [5.41, 5.74) is 0.244. The molecule has 106 valence electrons. The summed E-state index contributed by atoms with van der Waals surface area (Å²) in [6.45, 7) is 6.58. The van der Waals surface area contributed by atoms with E-state index in [9.17, 15) is 4.79 Å². The molecule has 0 aliphatic heterocycles. The van der Waals surface area contributed by atoms with Crippen LogP contribution in [0.3, 0.4) is 0 Å². The maximum Gasteiger partial charge on any atom is 0.254 e. The number of carbonyl (C=O) groups is 1. The van der Waals surface area contributed by atoms with Gasteiger partial charge in [-0.25, -0.2) is 0 Å². The second kappa shape index (κ2) is 6.80. The minimum absolute atomic E-state index is 0.0485. The van der Waals surface area contributed by atoms with E-state index in [1.807, 2.05) is 32.9 Å². The van der Waals surface area contributed by atoms with Crippen LogP contribution in [0, 0.1) is 0 Å². The monoisotopic (exact) mass is 283 g/mol. The fourth-order valence-electron chi connectivity index (χ4n) is 1.50. The zero-order valence-corrected chi connectivity index (χ0v) is 12.8. The molecule has 3 nitrogen and oxygen atoms in total. The lowest BCUT2D eigenvalue weighted by molar-refractivity contribution is 0.0659. The van der Waals surface area contributed by atoms with Crippen LogP contribution >= 0.6 is 11.6 Å². The molecule has 0 heterocycles. The van der Waals surface area contributed by atoms with Crippen LogP contribution < -0.4 is 4.74 Å². The van der Waals surface area contributed by atoms with Crippen LogP contribution in [0.5, 0.6) is 5.75 Å². The Hall–Kier alpha value is -1.22. The lowest BCUT2D eigenvalue weighted by Gasteiger charge is -2.34. The first-order chi connectivity index (χ1) is 8.92. The first-order valence-corrected chi connectivity index (χ1v) is 7.03. The zero-order chi connectivity index (χ0) is 14.5. The topological polar surface area (TPSA) is 29.5 Å². The molecule has 0 aliphatic rings. The molecule has 0 aromatic heterocycles. The maximum absolute atomic E-state index is 12.4. The fourth-order valence-corrected chi connectivity index (χ4v) is 1.68. The predicted molar refractivity (Wildman–Crippen MR) is 79.1 cm³/mol. The fraction of sp³-hybridized carbons (Fsp3) is 0.533. The number of ether oxygens (including phenoxy) is 1. The Labute approximate surface area is 120 Å². The van der Waals surface area contributed by atoms with E-state index in [0.717, 1.165) is 12.2 Å². The van der Waals surface area contributed by atoms with Gasteiger partial charge in [-0.05, 0) is 38.5 Å². The summed E-state index contributed by atoms with van der Waals surface area (Å²) >= 11 is 5.90. The molecule has 4 heteroatoms. The van der Waals surface area contributed by atoms with Crippen molar-refractivity contribution in [1.82, 2.24) is 4.90 Å². The lowest BCUT2D eigenvalue weighted by atomic mass is 10.0. The number of nitrogens with zero attached hydrogens (tertiary/aromatic N) is 1. The van der Waals surface area contributed by atoms with E-state index in [-0.39, 0.29) is 11.4 Å². The summed E-state index contributed by atoms with van der Waals surface area (Å²) in [6.07, 6.45) is 0.942. The number of benzene rings is 1. The average Bonchev–Trinajstić information content (AvgIpc) is 2.43. The van der Waals surface area contributed by atoms with Crippen molar-refractivity contribution in [2.75, 3.05) is 19.5 Å². The Kier molecular flexibility index (Phi) is 5.67. The molecule has 1 aromatic carbocycles. The van der Waals surface area contributed by atoms with E-state index >= 15 is 0 Å². The van der Waals surface area contributed by atoms with Crippen molar-refractivity contribution in [3.8, 4) is 5.75 Å². The summed E-state index contributed by atoms with van der Waals surface area (Å²) in [4.78, 5) is 14.1. The first kappa shape index (κ1) is 15.8. The van der Waals surface area contributed by atoms with Crippen LogP contribution in [-0.2, 0) is 0 Å². The normalized spacial score (nSPS) is 11.2. The molecular formula is C15H22ClNO2. The Bertz CT molecular complexity index is 432. The van der Waals surface area contributed by atoms with Crippen molar-refractivity contribution in [3.05, 3.63) is 29.8 Å². The number of hydrogen-bond acceptors (Lipinski definition) is 2. The van der Waals surface area contributed by atoms with Gasteiger partial charge in [0.15, 0.2) is 0 Å². The number of alkyl halides is 1. The Balaban J connectivity index is 2.88. The molecule has 1 aromatic rings. The predicted octanol–water partition coefficient (Wildman–Crippen LogP) is 3.56. The van der Waals surface area contributed by atoms with Crippen molar-refractivity contribution < 1.29 is 9.53 Å². The molecule has 0 N–H and O–H groups in total. The SMILES string of the molecule is CCCOc1cccc(C(=O)N(C)C(C)(C)CCl)c1. The summed E-state index contributed by atoms with van der Waals surface area (Å²) < 4.78 is 5.54. The quantitative estimate of drug-likeness (QED) is 0.747. The second-order valence-electron chi connectivity index (χ2n) is 5.19. The van der Waals surface area contributed by atoms with Gasteiger partial charge in [-0.15, -0.1) is 11.6 Å². The lowest BCUT2D eigenvalue weighted by Crippen LogP contribution is -2.46. The van der Waals surface area contributed by atoms with Gasteiger partial charge in [0, 0.05) is 18.5 Å². The highest BCUT2D eigenvalue weighted by Gasteiger charge is 2.27. The number of amides is 1. The Morgan fingerprint density at radius 3 is 2.68 bits per heavy atom. The van der Waals surface area contributed by atoms with E-state index < -0.39 is 0 Å². The molecular weight excluding hydrogens is 262 g/mol. The summed E-state index contributed by atoms with van der Waals surface area (Å²) in [5.74, 6) is 1.07. The molecule has 0 radical (unpaired) electrons. The van der Waals surface area contributed by atoms with Crippen LogP contribution in [-0.4, -0.2) is 35.9 Å². The molecule has 0 atom stereocenters. The van der Waals surface area contributed by atoms with Crippen LogP contribution in [0.4, 0.5) is 0 Å². The van der Waals surface area contributed by atoms with Crippen LogP contribution in [0.2, 0.25) is 0 Å². The molecule has 0 aliphatic carbocycles. The largest absolute Gasteiger partial charge is 0.494 e. The molecule has 0 fully saturated rings. The van der Waals surface area contributed by atoms with E-state index in [0.29, 0.717) is 18.1 Å². The van der Waals surface area contributed by atoms with Crippen molar-refractivity contribution in [2.45, 2.75) is 32.7 Å². The minimum atomic E-state index is -0.376. The van der Waals surface area contributed by atoms with E-state index in [4.69, 9.17) is 16.3 Å². The maximum atomic E-state index is 12.4. The highest BCUT2D eigenvalue weighted by atomic mass is 35.5. The van der Waals surface area contributed by atoms with Crippen molar-refractivity contribution in [1.29, 1.82) is 0 Å². The third-order valence-corrected chi connectivity index (χ3v) is 3.75. The average molecular weight is 284 g/mol. The summed E-state index contributed by atoms with van der Waals surface area (Å²) in [5, 5.41) is 0. The standard InChI is InChI=1S/C15H22ClNO2/c1-5-9-19-13-8-6-7-12(10-13)14(18)17(4)15(2,3)11-16/h6-8,10H,5,9,11H2,1-4H3. The van der Waals surface area contributed by atoms with Gasteiger partial charge in [0.05, 0.1) is 12.1 Å². The van der Waals surface area contributed by atoms with Gasteiger partial charge in [0.1, 0.15) is 5.75 Å². The smallest absolute Gasteiger partial charge is 0.254 e. The van der Waals surface area contributed by atoms with Gasteiger partial charge >= 0.3 is 0 Å². The second-order valence-corrected chi connectivity index (χ2v) is 5.45. The first-order valence-electron chi connectivity index (χ1n) is 6.49. The molecule has 0 unspecified atom stereocenters. The van der Waals surface area contributed by atoms with Gasteiger partial charge in [-0.3, -0.25) is 4.79 Å². The molecule has 0 saturated heterocycles. The molecule has 19 heavy (non-hydrogen) atoms. The highest BCUT2D eigenvalue weighted by molar-refractivity contribution is 6.18. The van der Waals surface area contributed by atoms with Gasteiger partial charge in [0.25, 0.3) is 5.91 Å². The van der Waals surface area contributed by atoms with Crippen molar-refractivity contribution in [2.24, 2.45) is 0 Å². The number of rotatable bonds is 6. The molecule has 0 spiro atoms. The molecule has 0 saturated carbocycles. The van der Waals surface area contributed by atoms with E-state index in [1.165, 1.54) is 0 Å². The Morgan fingerprint density at radius 2 is 2.11 bits per heavy atom. The molecule has 0 bridgehead atoms. The third-order valence-electron chi connectivity index (χ3n) is 3.09. The van der Waals surface area contributed by atoms with E-state index in [2.05, 4.69) is 0 Å². The van der Waals surface area contributed by atoms with Crippen LogP contribution in [0.15, 0.2) is 24.3 Å². The van der Waals surface area contributed by atoms with Gasteiger partial charge in [-0.2, -0.15) is 0 Å². The summed E-state index contributed by atoms with van der Waals surface area (Å²) in [6, 6.07) is 7.26. The van der Waals surface area contributed by atoms with Gasteiger partial charge in [0.2, 0.25) is 0 Å². The molecule has 1 amide bonds. The number of halogens is 1. The number of carbonyl (C=O) groups excluding carboxylic acids is 1. The molecule has 1 rings (SSSR count). The third kappa shape index (κ3) is 4.13. The highest BCUT2D eigenvalue weighted by Crippen LogP contribution is 2.20. The van der Waals surface area contributed by atoms with Crippen molar-refractivity contribution >= 4 is 17.5 Å². The van der Waals surface area contributed by atoms with E-state index in [1.54, 1.807) is 24.1 Å². The van der Waals surface area contributed by atoms with Gasteiger partial charge in [-0.1, -0.05) is 13.0 Å². The van der Waals surface area contributed by atoms with Gasteiger partial charge < -0.3 is 9.64 Å². The van der Waals surface area contributed by atoms with Crippen molar-refractivity contribution in [3.63, 3.8) is 0 Å².